The third-order valence-electron chi connectivity index (χ3n) is 4.07. The predicted octanol–water partition coefficient (Wildman–Crippen LogP) is 4.39. The molecular formula is C19H14FN3O3. The molecule has 3 aromatic rings. The summed E-state index contributed by atoms with van der Waals surface area (Å²) in [5.74, 6) is 0.969. The van der Waals surface area contributed by atoms with Crippen molar-refractivity contribution in [2.75, 3.05) is 6.61 Å². The minimum Gasteiger partial charge on any atom is -0.456 e. The lowest BCUT2D eigenvalue weighted by atomic mass is 10.2. The van der Waals surface area contributed by atoms with Gasteiger partial charge in [-0.3, -0.25) is 0 Å². The van der Waals surface area contributed by atoms with Gasteiger partial charge in [0.1, 0.15) is 35.1 Å². The van der Waals surface area contributed by atoms with Crippen molar-refractivity contribution in [3.05, 3.63) is 59.7 Å². The van der Waals surface area contributed by atoms with Crippen LogP contribution >= 0.6 is 0 Å². The van der Waals surface area contributed by atoms with Crippen LogP contribution in [0.4, 0.5) is 4.39 Å². The van der Waals surface area contributed by atoms with Gasteiger partial charge < -0.3 is 14.0 Å². The Hall–Kier alpha value is -3.24. The summed E-state index contributed by atoms with van der Waals surface area (Å²) in [4.78, 5) is 4.38. The maximum absolute atomic E-state index is 13.6. The van der Waals surface area contributed by atoms with Crippen LogP contribution in [0.2, 0.25) is 0 Å². The minimum absolute atomic E-state index is 0.128. The highest BCUT2D eigenvalue weighted by atomic mass is 19.1. The number of halogens is 1. The van der Waals surface area contributed by atoms with Crippen molar-refractivity contribution >= 4 is 0 Å². The fourth-order valence-electron chi connectivity index (χ4n) is 2.75. The van der Waals surface area contributed by atoms with Crippen LogP contribution in [0.3, 0.4) is 0 Å². The Morgan fingerprint density at radius 2 is 2.04 bits per heavy atom. The molecule has 1 saturated heterocycles. The molecule has 0 spiro atoms. The second kappa shape index (κ2) is 6.94. The quantitative estimate of drug-likeness (QED) is 0.693. The molecule has 130 valence electrons. The van der Waals surface area contributed by atoms with Gasteiger partial charge in [0.25, 0.3) is 5.89 Å². The van der Waals surface area contributed by atoms with Crippen molar-refractivity contribution in [3.63, 3.8) is 0 Å². The molecule has 1 atom stereocenters. The summed E-state index contributed by atoms with van der Waals surface area (Å²) in [7, 11) is 0. The van der Waals surface area contributed by atoms with Gasteiger partial charge in [-0.05, 0) is 49.2 Å². The van der Waals surface area contributed by atoms with E-state index in [-0.39, 0.29) is 17.4 Å². The number of hydrogen-bond acceptors (Lipinski definition) is 6. The maximum atomic E-state index is 13.6. The van der Waals surface area contributed by atoms with E-state index in [1.165, 1.54) is 12.1 Å². The number of aromatic nitrogens is 2. The molecular weight excluding hydrogens is 337 g/mol. The van der Waals surface area contributed by atoms with Crippen LogP contribution in [0.1, 0.15) is 30.4 Å². The first-order valence-corrected chi connectivity index (χ1v) is 8.17. The summed E-state index contributed by atoms with van der Waals surface area (Å²) in [5.41, 5.74) is 0.626. The lowest BCUT2D eigenvalue weighted by Crippen LogP contribution is -1.95. The molecule has 0 amide bonds. The Balaban J connectivity index is 1.52. The van der Waals surface area contributed by atoms with E-state index in [0.717, 1.165) is 18.4 Å². The highest BCUT2D eigenvalue weighted by Gasteiger charge is 2.24. The van der Waals surface area contributed by atoms with Gasteiger partial charge >= 0.3 is 0 Å². The Morgan fingerprint density at radius 1 is 1.19 bits per heavy atom. The molecule has 7 heteroatoms. The van der Waals surface area contributed by atoms with Gasteiger partial charge in [-0.2, -0.15) is 10.2 Å². The summed E-state index contributed by atoms with van der Waals surface area (Å²) < 4.78 is 30.1. The van der Waals surface area contributed by atoms with E-state index in [0.29, 0.717) is 24.1 Å². The summed E-state index contributed by atoms with van der Waals surface area (Å²) in [6, 6.07) is 13.0. The molecule has 0 bridgehead atoms. The molecule has 1 aliphatic heterocycles. The summed E-state index contributed by atoms with van der Waals surface area (Å²) >= 11 is 0. The van der Waals surface area contributed by atoms with Gasteiger partial charge in [-0.15, -0.1) is 0 Å². The molecule has 0 aliphatic carbocycles. The summed E-state index contributed by atoms with van der Waals surface area (Å²) in [5, 5.41) is 13.0. The number of rotatable bonds is 4. The Labute approximate surface area is 148 Å². The van der Waals surface area contributed by atoms with Crippen molar-refractivity contribution in [1.29, 1.82) is 5.26 Å². The van der Waals surface area contributed by atoms with E-state index in [1.807, 2.05) is 0 Å². The van der Waals surface area contributed by atoms with E-state index < -0.39 is 5.82 Å². The van der Waals surface area contributed by atoms with E-state index in [9.17, 15) is 4.39 Å². The largest absolute Gasteiger partial charge is 0.456 e. The topological polar surface area (TPSA) is 81.2 Å². The van der Waals surface area contributed by atoms with Crippen LogP contribution in [-0.4, -0.2) is 16.7 Å². The number of ether oxygens (including phenoxy) is 2. The summed E-state index contributed by atoms with van der Waals surface area (Å²) in [6.45, 7) is 0.708. The summed E-state index contributed by atoms with van der Waals surface area (Å²) in [6.07, 6.45) is 1.74. The first-order chi connectivity index (χ1) is 12.7. The fourth-order valence-corrected chi connectivity index (χ4v) is 2.75. The smallest absolute Gasteiger partial charge is 0.256 e. The van der Waals surface area contributed by atoms with Crippen molar-refractivity contribution in [2.24, 2.45) is 0 Å². The van der Waals surface area contributed by atoms with E-state index in [4.69, 9.17) is 19.3 Å². The molecule has 1 fully saturated rings. The zero-order chi connectivity index (χ0) is 17.9. The Morgan fingerprint density at radius 3 is 2.77 bits per heavy atom. The number of nitrogens with zero attached hydrogens (tertiary/aromatic N) is 3. The van der Waals surface area contributed by atoms with Gasteiger partial charge in [0.15, 0.2) is 0 Å². The third-order valence-corrected chi connectivity index (χ3v) is 4.07. The van der Waals surface area contributed by atoms with Gasteiger partial charge in [0.2, 0.25) is 5.82 Å². The average Bonchev–Trinajstić information content (AvgIpc) is 3.34. The average molecular weight is 351 g/mol. The molecule has 0 N–H and O–H groups in total. The van der Waals surface area contributed by atoms with Crippen LogP contribution in [0.15, 0.2) is 47.0 Å². The first kappa shape index (κ1) is 16.2. The van der Waals surface area contributed by atoms with Gasteiger partial charge in [-0.1, -0.05) is 11.2 Å². The third kappa shape index (κ3) is 3.15. The second-order valence-corrected chi connectivity index (χ2v) is 5.81. The van der Waals surface area contributed by atoms with Crippen LogP contribution in [-0.2, 0) is 4.74 Å². The molecule has 1 unspecified atom stereocenters. The van der Waals surface area contributed by atoms with E-state index >= 15 is 0 Å². The van der Waals surface area contributed by atoms with E-state index in [1.54, 1.807) is 36.4 Å². The second-order valence-electron chi connectivity index (χ2n) is 5.81. The van der Waals surface area contributed by atoms with Crippen molar-refractivity contribution in [1.82, 2.24) is 10.1 Å². The Bertz CT molecular complexity index is 957. The molecule has 1 aliphatic rings. The van der Waals surface area contributed by atoms with E-state index in [2.05, 4.69) is 10.1 Å². The molecule has 1 aromatic heterocycles. The van der Waals surface area contributed by atoms with Gasteiger partial charge in [0.05, 0.1) is 0 Å². The molecule has 2 aromatic carbocycles. The van der Waals surface area contributed by atoms with Crippen LogP contribution in [0, 0.1) is 17.1 Å². The minimum atomic E-state index is -0.616. The first-order valence-electron chi connectivity index (χ1n) is 8.17. The number of nitriles is 1. The lowest BCUT2D eigenvalue weighted by molar-refractivity contribution is 0.0835. The van der Waals surface area contributed by atoms with Crippen LogP contribution < -0.4 is 4.74 Å². The van der Waals surface area contributed by atoms with Crippen LogP contribution in [0.5, 0.6) is 11.5 Å². The normalized spacial score (nSPS) is 16.4. The van der Waals surface area contributed by atoms with Crippen molar-refractivity contribution in [2.45, 2.75) is 18.9 Å². The SMILES string of the molecule is N#Cc1c(F)cccc1Oc1ccc(-c2noc(C3CCCO3)n2)cc1. The van der Waals surface area contributed by atoms with Crippen LogP contribution in [0.25, 0.3) is 11.4 Å². The van der Waals surface area contributed by atoms with Gasteiger partial charge in [-0.25, -0.2) is 4.39 Å². The fraction of sp³-hybridized carbons (Fsp3) is 0.211. The predicted molar refractivity (Wildman–Crippen MR) is 88.9 cm³/mol. The number of benzene rings is 2. The monoisotopic (exact) mass is 351 g/mol. The molecule has 0 radical (unpaired) electrons. The molecule has 6 nitrogen and oxygen atoms in total. The molecule has 0 saturated carbocycles. The molecule has 26 heavy (non-hydrogen) atoms. The standard InChI is InChI=1S/C19H14FN3O3/c20-15-3-1-4-16(14(15)11-21)25-13-8-6-12(7-9-13)18-22-19(26-23-18)17-5-2-10-24-17/h1,3-4,6-9,17H,2,5,10H2. The number of hydrogen-bond donors (Lipinski definition) is 0. The van der Waals surface area contributed by atoms with Crippen molar-refractivity contribution in [3.8, 4) is 29.0 Å². The zero-order valence-electron chi connectivity index (χ0n) is 13.7. The lowest BCUT2D eigenvalue weighted by Gasteiger charge is -2.08. The zero-order valence-corrected chi connectivity index (χ0v) is 13.7. The molecule has 4 rings (SSSR count). The maximum Gasteiger partial charge on any atom is 0.256 e. The van der Waals surface area contributed by atoms with Gasteiger partial charge in [0, 0.05) is 12.2 Å². The molecule has 2 heterocycles. The highest BCUT2D eigenvalue weighted by Crippen LogP contribution is 2.30. The Kier molecular flexibility index (Phi) is 4.33. The highest BCUT2D eigenvalue weighted by molar-refractivity contribution is 5.56. The van der Waals surface area contributed by atoms with Crippen molar-refractivity contribution < 1.29 is 18.4 Å².